The Morgan fingerprint density at radius 1 is 1.15 bits per heavy atom. The number of guanidine groups is 1. The fourth-order valence-corrected chi connectivity index (χ4v) is 3.26. The number of pyridine rings is 1. The summed E-state index contributed by atoms with van der Waals surface area (Å²) in [6, 6.07) is 12.5. The van der Waals surface area contributed by atoms with E-state index in [1.54, 1.807) is 0 Å². The number of rotatable bonds is 4. The molecule has 0 radical (unpaired) electrons. The maximum absolute atomic E-state index is 4.58. The molecule has 0 unspecified atom stereocenters. The molecule has 0 atom stereocenters. The molecule has 2 aromatic heterocycles. The molecule has 0 saturated heterocycles. The van der Waals surface area contributed by atoms with Crippen LogP contribution < -0.4 is 10.6 Å². The molecular formula is C21H21N5. The van der Waals surface area contributed by atoms with E-state index in [0.717, 1.165) is 46.3 Å². The van der Waals surface area contributed by atoms with Crippen molar-refractivity contribution in [3.8, 4) is 11.1 Å². The minimum atomic E-state index is 0.686. The van der Waals surface area contributed by atoms with Crippen molar-refractivity contribution in [2.75, 3.05) is 13.1 Å². The van der Waals surface area contributed by atoms with E-state index >= 15 is 0 Å². The smallest absolute Gasteiger partial charge is 0.196 e. The highest BCUT2D eigenvalue weighted by Gasteiger charge is 2.22. The zero-order valence-corrected chi connectivity index (χ0v) is 14.5. The zero-order chi connectivity index (χ0) is 17.3. The third-order valence-corrected chi connectivity index (χ3v) is 4.94. The van der Waals surface area contributed by atoms with Gasteiger partial charge < -0.3 is 15.6 Å². The molecule has 1 fully saturated rings. The monoisotopic (exact) mass is 343 g/mol. The summed E-state index contributed by atoms with van der Waals surface area (Å²) in [7, 11) is 0. The average molecular weight is 343 g/mol. The summed E-state index contributed by atoms with van der Waals surface area (Å²) < 4.78 is 0. The Balaban J connectivity index is 1.39. The quantitative estimate of drug-likeness (QED) is 0.679. The third-order valence-electron chi connectivity index (χ3n) is 4.94. The standard InChI is InChI=1S/C21H21N5/c1-2-4-15(5-3-1)16-9-19-17(12-23-20(19)22-11-16)8-18-13-25-21(26-18)24-10-14-6-7-14/h1-5,8-9,11-12,14H,6-7,10,13H2,(H,22,23)(H2,24,25,26)/b18-8-. The van der Waals surface area contributed by atoms with Crippen LogP contribution in [0.1, 0.15) is 18.4 Å². The number of benzene rings is 1. The summed E-state index contributed by atoms with van der Waals surface area (Å²) in [5.74, 6) is 1.73. The first-order valence-corrected chi connectivity index (χ1v) is 9.13. The molecule has 3 N–H and O–H groups in total. The second-order valence-electron chi connectivity index (χ2n) is 7.01. The van der Waals surface area contributed by atoms with Crippen molar-refractivity contribution in [3.63, 3.8) is 0 Å². The first kappa shape index (κ1) is 15.2. The normalized spacial score (nSPS) is 18.2. The maximum atomic E-state index is 4.58. The predicted octanol–water partition coefficient (Wildman–Crippen LogP) is 3.53. The first-order valence-electron chi connectivity index (χ1n) is 9.13. The molecule has 1 saturated carbocycles. The number of nitrogens with one attached hydrogen (secondary N) is 3. The summed E-state index contributed by atoms with van der Waals surface area (Å²) in [4.78, 5) is 12.4. The Kier molecular flexibility index (Phi) is 3.70. The molecule has 26 heavy (non-hydrogen) atoms. The molecule has 0 bridgehead atoms. The summed E-state index contributed by atoms with van der Waals surface area (Å²) in [6.45, 7) is 1.71. The van der Waals surface area contributed by atoms with Gasteiger partial charge in [-0.2, -0.15) is 0 Å². The molecule has 1 aliphatic carbocycles. The van der Waals surface area contributed by atoms with Gasteiger partial charge in [0.25, 0.3) is 0 Å². The van der Waals surface area contributed by atoms with Crippen LogP contribution in [-0.2, 0) is 0 Å². The molecule has 3 aromatic rings. The summed E-state index contributed by atoms with van der Waals surface area (Å²) in [6.07, 6.45) is 8.77. The molecule has 5 heteroatoms. The number of fused-ring (bicyclic) bond motifs is 1. The van der Waals surface area contributed by atoms with E-state index in [-0.39, 0.29) is 0 Å². The van der Waals surface area contributed by atoms with Crippen LogP contribution in [-0.4, -0.2) is 29.0 Å². The van der Waals surface area contributed by atoms with E-state index in [4.69, 9.17) is 0 Å². The highest BCUT2D eigenvalue weighted by molar-refractivity contribution is 5.91. The molecule has 0 amide bonds. The van der Waals surface area contributed by atoms with Gasteiger partial charge in [0.1, 0.15) is 5.65 Å². The lowest BCUT2D eigenvalue weighted by atomic mass is 10.1. The predicted molar refractivity (Wildman–Crippen MR) is 106 cm³/mol. The van der Waals surface area contributed by atoms with E-state index in [9.17, 15) is 0 Å². The van der Waals surface area contributed by atoms with Gasteiger partial charge >= 0.3 is 0 Å². The third kappa shape index (κ3) is 3.08. The molecule has 5 nitrogen and oxygen atoms in total. The van der Waals surface area contributed by atoms with Gasteiger partial charge in [-0.15, -0.1) is 0 Å². The van der Waals surface area contributed by atoms with Crippen molar-refractivity contribution >= 4 is 23.1 Å². The lowest BCUT2D eigenvalue weighted by Crippen LogP contribution is -2.34. The molecule has 2 aliphatic rings. The van der Waals surface area contributed by atoms with Crippen LogP contribution in [0.3, 0.4) is 0 Å². The molecule has 0 spiro atoms. The van der Waals surface area contributed by atoms with Crippen LogP contribution in [0.2, 0.25) is 0 Å². The van der Waals surface area contributed by atoms with Crippen LogP contribution in [0.25, 0.3) is 28.2 Å². The summed E-state index contributed by atoms with van der Waals surface area (Å²) >= 11 is 0. The summed E-state index contributed by atoms with van der Waals surface area (Å²) in [5.41, 5.74) is 5.44. The van der Waals surface area contributed by atoms with E-state index in [2.05, 4.69) is 62.0 Å². The van der Waals surface area contributed by atoms with E-state index < -0.39 is 0 Å². The Morgan fingerprint density at radius 2 is 2.04 bits per heavy atom. The van der Waals surface area contributed by atoms with Crippen LogP contribution >= 0.6 is 0 Å². The van der Waals surface area contributed by atoms with Gasteiger partial charge in [0.05, 0.1) is 6.54 Å². The Labute approximate surface area is 152 Å². The molecule has 1 aliphatic heterocycles. The Bertz CT molecular complexity index is 996. The lowest BCUT2D eigenvalue weighted by molar-refractivity contribution is 0.762. The number of hydrogen-bond donors (Lipinski definition) is 3. The van der Waals surface area contributed by atoms with Gasteiger partial charge in [0.2, 0.25) is 0 Å². The van der Waals surface area contributed by atoms with E-state index in [0.29, 0.717) is 6.54 Å². The SMILES string of the molecule is C(=C1\CN=C(NCC2CC2)N1)/c1c[nH]c2ncc(-c3ccccc3)cc12. The van der Waals surface area contributed by atoms with Gasteiger partial charge in [0.15, 0.2) is 5.96 Å². The fourth-order valence-electron chi connectivity index (χ4n) is 3.26. The molecular weight excluding hydrogens is 322 g/mol. The van der Waals surface area contributed by atoms with Crippen molar-refractivity contribution in [2.24, 2.45) is 10.9 Å². The summed E-state index contributed by atoms with van der Waals surface area (Å²) in [5, 5.41) is 7.91. The second kappa shape index (κ2) is 6.33. The molecule has 130 valence electrons. The van der Waals surface area contributed by atoms with Crippen LogP contribution in [0.4, 0.5) is 0 Å². The number of nitrogens with zero attached hydrogens (tertiary/aromatic N) is 2. The highest BCUT2D eigenvalue weighted by atomic mass is 15.2. The molecule has 3 heterocycles. The maximum Gasteiger partial charge on any atom is 0.196 e. The van der Waals surface area contributed by atoms with Crippen molar-refractivity contribution in [2.45, 2.75) is 12.8 Å². The second-order valence-corrected chi connectivity index (χ2v) is 7.01. The minimum absolute atomic E-state index is 0.686. The first-order chi connectivity index (χ1) is 12.8. The number of aromatic amines is 1. The number of hydrogen-bond acceptors (Lipinski definition) is 4. The van der Waals surface area contributed by atoms with Gasteiger partial charge in [0, 0.05) is 41.1 Å². The van der Waals surface area contributed by atoms with Gasteiger partial charge in [-0.3, -0.25) is 0 Å². The zero-order valence-electron chi connectivity index (χ0n) is 14.5. The minimum Gasteiger partial charge on any atom is -0.356 e. The van der Waals surface area contributed by atoms with E-state index in [1.165, 1.54) is 18.4 Å². The topological polar surface area (TPSA) is 65.1 Å². The van der Waals surface area contributed by atoms with Crippen molar-refractivity contribution in [1.29, 1.82) is 0 Å². The Morgan fingerprint density at radius 3 is 2.88 bits per heavy atom. The molecule has 1 aromatic carbocycles. The van der Waals surface area contributed by atoms with Gasteiger partial charge in [-0.1, -0.05) is 30.3 Å². The highest BCUT2D eigenvalue weighted by Crippen LogP contribution is 2.28. The lowest BCUT2D eigenvalue weighted by Gasteiger charge is -2.06. The van der Waals surface area contributed by atoms with Crippen molar-refractivity contribution < 1.29 is 0 Å². The van der Waals surface area contributed by atoms with E-state index in [1.807, 2.05) is 18.5 Å². The number of aliphatic imine (C=N–C) groups is 1. The van der Waals surface area contributed by atoms with Crippen LogP contribution in [0.15, 0.2) is 59.5 Å². The number of H-pyrrole nitrogens is 1. The van der Waals surface area contributed by atoms with Gasteiger partial charge in [-0.25, -0.2) is 9.98 Å². The fraction of sp³-hybridized carbons (Fsp3) is 0.238. The largest absolute Gasteiger partial charge is 0.356 e. The average Bonchev–Trinajstić information content (AvgIpc) is 3.28. The van der Waals surface area contributed by atoms with Crippen LogP contribution in [0.5, 0.6) is 0 Å². The van der Waals surface area contributed by atoms with Crippen molar-refractivity contribution in [3.05, 3.63) is 60.1 Å². The van der Waals surface area contributed by atoms with Crippen LogP contribution in [0, 0.1) is 5.92 Å². The van der Waals surface area contributed by atoms with Crippen molar-refractivity contribution in [1.82, 2.24) is 20.6 Å². The Hall–Kier alpha value is -3.08. The van der Waals surface area contributed by atoms with Gasteiger partial charge in [-0.05, 0) is 36.5 Å². The number of aromatic nitrogens is 2. The molecule has 5 rings (SSSR count).